The molecule has 0 bridgehead atoms. The number of rotatable bonds is 5. The van der Waals surface area contributed by atoms with Crippen molar-refractivity contribution in [2.45, 2.75) is 45.2 Å². The van der Waals surface area contributed by atoms with Gasteiger partial charge in [0.25, 0.3) is 0 Å². The molecule has 1 aromatic rings. The number of likely N-dealkylation sites (N-methyl/N-ethyl adjacent to an activating group) is 1. The van der Waals surface area contributed by atoms with Crippen LogP contribution >= 0.6 is 0 Å². The molecular weight excluding hydrogens is 277 g/mol. The van der Waals surface area contributed by atoms with Crippen molar-refractivity contribution in [2.75, 3.05) is 19.6 Å². The number of halogens is 3. The van der Waals surface area contributed by atoms with Crippen LogP contribution in [0.4, 0.5) is 13.2 Å². The Kier molecular flexibility index (Phi) is 4.94. The van der Waals surface area contributed by atoms with Gasteiger partial charge in [-0.2, -0.15) is 0 Å². The molecule has 0 saturated carbocycles. The third-order valence-electron chi connectivity index (χ3n) is 4.41. The van der Waals surface area contributed by atoms with Crippen LogP contribution < -0.4 is 5.32 Å². The minimum atomic E-state index is -1.40. The van der Waals surface area contributed by atoms with Crippen LogP contribution in [0.1, 0.15) is 45.2 Å². The number of benzene rings is 1. The van der Waals surface area contributed by atoms with Crippen LogP contribution in [-0.4, -0.2) is 30.1 Å². The molecule has 1 unspecified atom stereocenters. The van der Waals surface area contributed by atoms with E-state index in [0.717, 1.165) is 32.0 Å². The van der Waals surface area contributed by atoms with Gasteiger partial charge in [-0.25, -0.2) is 13.2 Å². The van der Waals surface area contributed by atoms with Crippen LogP contribution in [0.2, 0.25) is 0 Å². The van der Waals surface area contributed by atoms with Gasteiger partial charge in [-0.05, 0) is 52.4 Å². The summed E-state index contributed by atoms with van der Waals surface area (Å²) < 4.78 is 40.9. The number of hydrogen-bond acceptors (Lipinski definition) is 2. The van der Waals surface area contributed by atoms with Gasteiger partial charge in [-0.15, -0.1) is 0 Å². The summed E-state index contributed by atoms with van der Waals surface area (Å²) in [4.78, 5) is 2.28. The first-order chi connectivity index (χ1) is 9.89. The SMILES string of the molecule is CCNC(c1ccc(F)c(F)c1F)C(C)(C)N1CCCC1. The van der Waals surface area contributed by atoms with Gasteiger partial charge >= 0.3 is 0 Å². The monoisotopic (exact) mass is 300 g/mol. The van der Waals surface area contributed by atoms with Crippen LogP contribution in [0.3, 0.4) is 0 Å². The number of nitrogens with zero attached hydrogens (tertiary/aromatic N) is 1. The lowest BCUT2D eigenvalue weighted by atomic mass is 9.86. The Balaban J connectivity index is 2.41. The van der Waals surface area contributed by atoms with E-state index in [-0.39, 0.29) is 11.1 Å². The van der Waals surface area contributed by atoms with E-state index in [1.807, 2.05) is 20.8 Å². The lowest BCUT2D eigenvalue weighted by molar-refractivity contribution is 0.105. The first-order valence-electron chi connectivity index (χ1n) is 7.51. The van der Waals surface area contributed by atoms with Crippen molar-refractivity contribution in [3.05, 3.63) is 35.1 Å². The molecule has 1 fully saturated rings. The van der Waals surface area contributed by atoms with Crippen molar-refractivity contribution < 1.29 is 13.2 Å². The van der Waals surface area contributed by atoms with E-state index in [1.54, 1.807) is 0 Å². The minimum Gasteiger partial charge on any atom is -0.309 e. The maximum atomic E-state index is 14.2. The van der Waals surface area contributed by atoms with E-state index in [2.05, 4.69) is 10.2 Å². The molecular formula is C16H23F3N2. The van der Waals surface area contributed by atoms with Crippen molar-refractivity contribution in [3.8, 4) is 0 Å². The average Bonchev–Trinajstić information content (AvgIpc) is 2.98. The van der Waals surface area contributed by atoms with Gasteiger partial charge in [0.2, 0.25) is 0 Å². The topological polar surface area (TPSA) is 15.3 Å². The second-order valence-corrected chi connectivity index (χ2v) is 6.10. The quantitative estimate of drug-likeness (QED) is 0.835. The molecule has 5 heteroatoms. The predicted octanol–water partition coefficient (Wildman–Crippen LogP) is 3.63. The molecule has 118 valence electrons. The summed E-state index contributed by atoms with van der Waals surface area (Å²) in [7, 11) is 0. The largest absolute Gasteiger partial charge is 0.309 e. The van der Waals surface area contributed by atoms with Gasteiger partial charge in [0.1, 0.15) is 0 Å². The van der Waals surface area contributed by atoms with E-state index >= 15 is 0 Å². The zero-order valence-corrected chi connectivity index (χ0v) is 12.8. The first-order valence-corrected chi connectivity index (χ1v) is 7.51. The summed E-state index contributed by atoms with van der Waals surface area (Å²) in [6.45, 7) is 8.48. The van der Waals surface area contributed by atoms with Gasteiger partial charge in [-0.3, -0.25) is 4.90 Å². The van der Waals surface area contributed by atoms with E-state index < -0.39 is 23.5 Å². The summed E-state index contributed by atoms with van der Waals surface area (Å²) in [6.07, 6.45) is 2.23. The number of likely N-dealkylation sites (tertiary alicyclic amines) is 1. The Morgan fingerprint density at radius 2 is 1.76 bits per heavy atom. The van der Waals surface area contributed by atoms with Crippen LogP contribution in [0.25, 0.3) is 0 Å². The van der Waals surface area contributed by atoms with Crippen LogP contribution in [0.5, 0.6) is 0 Å². The Hall–Kier alpha value is -1.07. The van der Waals surface area contributed by atoms with Crippen molar-refractivity contribution in [2.24, 2.45) is 0 Å². The Morgan fingerprint density at radius 3 is 2.33 bits per heavy atom. The highest BCUT2D eigenvalue weighted by Crippen LogP contribution is 2.35. The smallest absolute Gasteiger partial charge is 0.194 e. The van der Waals surface area contributed by atoms with Gasteiger partial charge in [0.05, 0.1) is 6.04 Å². The average molecular weight is 300 g/mol. The summed E-state index contributed by atoms with van der Waals surface area (Å²) >= 11 is 0. The molecule has 2 nitrogen and oxygen atoms in total. The molecule has 2 rings (SSSR count). The molecule has 0 amide bonds. The van der Waals surface area contributed by atoms with E-state index in [0.29, 0.717) is 6.54 Å². The molecule has 1 heterocycles. The third-order valence-corrected chi connectivity index (χ3v) is 4.41. The van der Waals surface area contributed by atoms with E-state index in [1.165, 1.54) is 6.07 Å². The molecule has 1 aromatic carbocycles. The van der Waals surface area contributed by atoms with Gasteiger partial charge in [0.15, 0.2) is 17.5 Å². The molecule has 0 radical (unpaired) electrons. The predicted molar refractivity (Wildman–Crippen MR) is 77.6 cm³/mol. The van der Waals surface area contributed by atoms with Crippen LogP contribution in [-0.2, 0) is 0 Å². The molecule has 0 spiro atoms. The fourth-order valence-electron chi connectivity index (χ4n) is 3.18. The minimum absolute atomic E-state index is 0.188. The maximum absolute atomic E-state index is 14.2. The van der Waals surface area contributed by atoms with Gasteiger partial charge in [0, 0.05) is 11.1 Å². The fraction of sp³-hybridized carbons (Fsp3) is 0.625. The standard InChI is InChI=1S/C16H23F3N2/c1-4-20-15(16(2,3)21-9-5-6-10-21)11-7-8-12(17)14(19)13(11)18/h7-8,15,20H,4-6,9-10H2,1-3H3. The Morgan fingerprint density at radius 1 is 1.14 bits per heavy atom. The highest BCUT2D eigenvalue weighted by atomic mass is 19.2. The highest BCUT2D eigenvalue weighted by molar-refractivity contribution is 5.27. The molecule has 1 atom stereocenters. The molecule has 1 N–H and O–H groups in total. The second kappa shape index (κ2) is 6.36. The molecule has 0 aliphatic carbocycles. The van der Waals surface area contributed by atoms with Crippen molar-refractivity contribution >= 4 is 0 Å². The first kappa shape index (κ1) is 16.3. The van der Waals surface area contributed by atoms with Crippen molar-refractivity contribution in [1.82, 2.24) is 10.2 Å². The molecule has 1 aliphatic heterocycles. The van der Waals surface area contributed by atoms with E-state index in [4.69, 9.17) is 0 Å². The second-order valence-electron chi connectivity index (χ2n) is 6.10. The van der Waals surface area contributed by atoms with Gasteiger partial charge < -0.3 is 5.32 Å². The van der Waals surface area contributed by atoms with E-state index in [9.17, 15) is 13.2 Å². The summed E-state index contributed by atoms with van der Waals surface area (Å²) in [5.74, 6) is -3.63. The zero-order chi connectivity index (χ0) is 15.6. The third kappa shape index (κ3) is 3.09. The number of hydrogen-bond donors (Lipinski definition) is 1. The highest BCUT2D eigenvalue weighted by Gasteiger charge is 2.39. The summed E-state index contributed by atoms with van der Waals surface area (Å²) in [5.41, 5.74) is -0.190. The lowest BCUT2D eigenvalue weighted by Crippen LogP contribution is -2.51. The van der Waals surface area contributed by atoms with Crippen LogP contribution in [0.15, 0.2) is 12.1 Å². The molecule has 0 aromatic heterocycles. The Labute approximate surface area is 124 Å². The van der Waals surface area contributed by atoms with Gasteiger partial charge in [-0.1, -0.05) is 13.0 Å². The van der Waals surface area contributed by atoms with Crippen molar-refractivity contribution in [3.63, 3.8) is 0 Å². The number of nitrogens with one attached hydrogen (secondary N) is 1. The van der Waals surface area contributed by atoms with Crippen molar-refractivity contribution in [1.29, 1.82) is 0 Å². The Bertz CT molecular complexity index is 497. The molecule has 21 heavy (non-hydrogen) atoms. The fourth-order valence-corrected chi connectivity index (χ4v) is 3.18. The van der Waals surface area contributed by atoms with Crippen LogP contribution in [0, 0.1) is 17.5 Å². The lowest BCUT2D eigenvalue weighted by Gasteiger charge is -2.43. The summed E-state index contributed by atoms with van der Waals surface area (Å²) in [6, 6.07) is 1.95. The zero-order valence-electron chi connectivity index (χ0n) is 12.8. The molecule has 1 saturated heterocycles. The molecule has 1 aliphatic rings. The maximum Gasteiger partial charge on any atom is 0.194 e. The summed E-state index contributed by atoms with van der Waals surface area (Å²) in [5, 5.41) is 3.23. The normalized spacial score (nSPS) is 18.2.